The van der Waals surface area contributed by atoms with Crippen LogP contribution < -0.4 is 5.32 Å². The number of nitrogens with zero attached hydrogens (tertiary/aromatic N) is 2. The lowest BCUT2D eigenvalue weighted by Gasteiger charge is -2.19. The van der Waals surface area contributed by atoms with Gasteiger partial charge in [0.15, 0.2) is 0 Å². The van der Waals surface area contributed by atoms with E-state index in [2.05, 4.69) is 22.2 Å². The van der Waals surface area contributed by atoms with E-state index >= 15 is 0 Å². The second-order valence-corrected chi connectivity index (χ2v) is 5.48. The summed E-state index contributed by atoms with van der Waals surface area (Å²) in [7, 11) is 0. The van der Waals surface area contributed by atoms with E-state index in [1.54, 1.807) is 18.5 Å². The average Bonchev–Trinajstić information content (AvgIpc) is 2.44. The smallest absolute Gasteiger partial charge is 0.0802 e. The standard InChI is InChI=1S/C15H17Cl2N3/c1-3-6-18-15(14-9-19-10(2)8-20-14)12-7-11(16)4-5-13(12)17/h4-5,7-9,15,18H,3,6H2,1-2H3. The summed E-state index contributed by atoms with van der Waals surface area (Å²) < 4.78 is 0. The molecule has 1 aromatic carbocycles. The Bertz CT molecular complexity index is 570. The Kier molecular flexibility index (Phi) is 5.35. The molecule has 106 valence electrons. The lowest BCUT2D eigenvalue weighted by atomic mass is 10.0. The van der Waals surface area contributed by atoms with Crippen LogP contribution in [-0.2, 0) is 0 Å². The van der Waals surface area contributed by atoms with E-state index in [1.165, 1.54) is 0 Å². The molecule has 20 heavy (non-hydrogen) atoms. The van der Waals surface area contributed by atoms with E-state index in [-0.39, 0.29) is 6.04 Å². The highest BCUT2D eigenvalue weighted by atomic mass is 35.5. The molecule has 3 nitrogen and oxygen atoms in total. The molecule has 2 aromatic rings. The lowest BCUT2D eigenvalue weighted by Crippen LogP contribution is -2.24. The highest BCUT2D eigenvalue weighted by Crippen LogP contribution is 2.29. The quantitative estimate of drug-likeness (QED) is 0.900. The average molecular weight is 310 g/mol. The van der Waals surface area contributed by atoms with Gasteiger partial charge in [-0.1, -0.05) is 30.1 Å². The van der Waals surface area contributed by atoms with Gasteiger partial charge in [0.2, 0.25) is 0 Å². The first-order valence-corrected chi connectivity index (χ1v) is 7.34. The molecule has 1 N–H and O–H groups in total. The summed E-state index contributed by atoms with van der Waals surface area (Å²) in [6.45, 7) is 4.89. The molecule has 0 saturated heterocycles. The van der Waals surface area contributed by atoms with Crippen LogP contribution in [-0.4, -0.2) is 16.5 Å². The summed E-state index contributed by atoms with van der Waals surface area (Å²) in [5.74, 6) is 0. The lowest BCUT2D eigenvalue weighted by molar-refractivity contribution is 0.584. The molecule has 1 unspecified atom stereocenters. The normalized spacial score (nSPS) is 12.4. The van der Waals surface area contributed by atoms with Gasteiger partial charge in [-0.25, -0.2) is 0 Å². The van der Waals surface area contributed by atoms with E-state index in [0.29, 0.717) is 10.0 Å². The molecular formula is C15H17Cl2N3. The molecule has 2 rings (SSSR count). The molecule has 0 spiro atoms. The molecule has 1 heterocycles. The molecule has 0 aliphatic heterocycles. The third-order valence-electron chi connectivity index (χ3n) is 2.96. The van der Waals surface area contributed by atoms with Crippen LogP contribution >= 0.6 is 23.2 Å². The van der Waals surface area contributed by atoms with E-state index in [9.17, 15) is 0 Å². The molecule has 0 fully saturated rings. The zero-order valence-corrected chi connectivity index (χ0v) is 13.0. The van der Waals surface area contributed by atoms with Crippen molar-refractivity contribution in [3.05, 3.63) is 57.6 Å². The van der Waals surface area contributed by atoms with Crippen LogP contribution in [0.5, 0.6) is 0 Å². The van der Waals surface area contributed by atoms with Crippen LogP contribution in [0.4, 0.5) is 0 Å². The van der Waals surface area contributed by atoms with Crippen molar-refractivity contribution in [2.45, 2.75) is 26.3 Å². The van der Waals surface area contributed by atoms with Crippen LogP contribution in [0.3, 0.4) is 0 Å². The fourth-order valence-electron chi connectivity index (χ4n) is 1.95. The summed E-state index contributed by atoms with van der Waals surface area (Å²) in [5, 5.41) is 4.78. The van der Waals surface area contributed by atoms with Crippen molar-refractivity contribution < 1.29 is 0 Å². The summed E-state index contributed by atoms with van der Waals surface area (Å²) in [6.07, 6.45) is 4.56. The Morgan fingerprint density at radius 1 is 1.20 bits per heavy atom. The highest BCUT2D eigenvalue weighted by molar-refractivity contribution is 6.33. The molecule has 5 heteroatoms. The number of hydrogen-bond acceptors (Lipinski definition) is 3. The van der Waals surface area contributed by atoms with Gasteiger partial charge < -0.3 is 5.32 Å². The van der Waals surface area contributed by atoms with Crippen LogP contribution in [0.15, 0.2) is 30.6 Å². The Morgan fingerprint density at radius 2 is 2.00 bits per heavy atom. The van der Waals surface area contributed by atoms with Gasteiger partial charge in [-0.2, -0.15) is 0 Å². The zero-order chi connectivity index (χ0) is 14.5. The SMILES string of the molecule is CCCNC(c1cnc(C)cn1)c1cc(Cl)ccc1Cl. The van der Waals surface area contributed by atoms with Crippen molar-refractivity contribution in [2.75, 3.05) is 6.54 Å². The van der Waals surface area contributed by atoms with Crippen molar-refractivity contribution in [2.24, 2.45) is 0 Å². The largest absolute Gasteiger partial charge is 0.305 e. The number of aryl methyl sites for hydroxylation is 1. The minimum absolute atomic E-state index is 0.103. The predicted molar refractivity (Wildman–Crippen MR) is 83.4 cm³/mol. The van der Waals surface area contributed by atoms with E-state index in [0.717, 1.165) is 29.9 Å². The van der Waals surface area contributed by atoms with Gasteiger partial charge in [0.25, 0.3) is 0 Å². The summed E-state index contributed by atoms with van der Waals surface area (Å²) in [5.41, 5.74) is 2.65. The summed E-state index contributed by atoms with van der Waals surface area (Å²) in [6, 6.07) is 5.36. The van der Waals surface area contributed by atoms with Crippen molar-refractivity contribution >= 4 is 23.2 Å². The Hall–Kier alpha value is -1.16. The molecule has 0 aliphatic rings. The summed E-state index contributed by atoms with van der Waals surface area (Å²) >= 11 is 12.4. The molecule has 0 radical (unpaired) electrons. The fraction of sp³-hybridized carbons (Fsp3) is 0.333. The van der Waals surface area contributed by atoms with Crippen LogP contribution in [0, 0.1) is 6.92 Å². The molecule has 1 atom stereocenters. The monoisotopic (exact) mass is 309 g/mol. The van der Waals surface area contributed by atoms with Gasteiger partial charge in [0, 0.05) is 16.2 Å². The zero-order valence-electron chi connectivity index (χ0n) is 11.5. The Labute approximate surface area is 129 Å². The molecule has 0 amide bonds. The number of hydrogen-bond donors (Lipinski definition) is 1. The van der Waals surface area contributed by atoms with Crippen molar-refractivity contribution in [1.82, 2.24) is 15.3 Å². The second kappa shape index (κ2) is 7.02. The second-order valence-electron chi connectivity index (χ2n) is 4.64. The molecule has 1 aromatic heterocycles. The topological polar surface area (TPSA) is 37.8 Å². The molecule has 0 aliphatic carbocycles. The predicted octanol–water partition coefficient (Wildman–Crippen LogP) is 4.18. The maximum Gasteiger partial charge on any atom is 0.0802 e. The third-order valence-corrected chi connectivity index (χ3v) is 3.54. The van der Waals surface area contributed by atoms with Gasteiger partial charge in [-0.05, 0) is 43.7 Å². The van der Waals surface area contributed by atoms with E-state index < -0.39 is 0 Å². The van der Waals surface area contributed by atoms with Crippen molar-refractivity contribution in [3.63, 3.8) is 0 Å². The number of nitrogens with one attached hydrogen (secondary N) is 1. The first kappa shape index (κ1) is 15.2. The number of rotatable bonds is 5. The van der Waals surface area contributed by atoms with Crippen LogP contribution in [0.1, 0.15) is 36.3 Å². The minimum Gasteiger partial charge on any atom is -0.305 e. The maximum atomic E-state index is 6.30. The third kappa shape index (κ3) is 3.69. The number of halogens is 2. The van der Waals surface area contributed by atoms with Crippen molar-refractivity contribution in [3.8, 4) is 0 Å². The number of aromatic nitrogens is 2. The maximum absolute atomic E-state index is 6.30. The molecule has 0 bridgehead atoms. The van der Waals surface area contributed by atoms with Crippen molar-refractivity contribution in [1.29, 1.82) is 0 Å². The molecule has 0 saturated carbocycles. The Morgan fingerprint density at radius 3 is 2.65 bits per heavy atom. The first-order chi connectivity index (χ1) is 9.61. The minimum atomic E-state index is -0.103. The summed E-state index contributed by atoms with van der Waals surface area (Å²) in [4.78, 5) is 8.76. The van der Waals surface area contributed by atoms with Crippen LogP contribution in [0.25, 0.3) is 0 Å². The van der Waals surface area contributed by atoms with Gasteiger partial charge in [-0.15, -0.1) is 0 Å². The highest BCUT2D eigenvalue weighted by Gasteiger charge is 2.18. The van der Waals surface area contributed by atoms with E-state index in [1.807, 2.05) is 19.1 Å². The first-order valence-electron chi connectivity index (χ1n) is 6.58. The van der Waals surface area contributed by atoms with Gasteiger partial charge in [0.1, 0.15) is 0 Å². The van der Waals surface area contributed by atoms with Gasteiger partial charge in [0.05, 0.1) is 23.6 Å². The Balaban J connectivity index is 2.41. The van der Waals surface area contributed by atoms with E-state index in [4.69, 9.17) is 23.2 Å². The van der Waals surface area contributed by atoms with Crippen LogP contribution in [0.2, 0.25) is 10.0 Å². The fourth-order valence-corrected chi connectivity index (χ4v) is 2.36. The molecular weight excluding hydrogens is 293 g/mol. The van der Waals surface area contributed by atoms with Gasteiger partial charge >= 0.3 is 0 Å². The number of benzene rings is 1. The van der Waals surface area contributed by atoms with Gasteiger partial charge in [-0.3, -0.25) is 9.97 Å².